The van der Waals surface area contributed by atoms with Gasteiger partial charge < -0.3 is 4.74 Å². The van der Waals surface area contributed by atoms with Gasteiger partial charge in [0.05, 0.1) is 12.7 Å². The highest BCUT2D eigenvalue weighted by Gasteiger charge is 2.00. The van der Waals surface area contributed by atoms with Crippen molar-refractivity contribution < 1.29 is 27.1 Å². The molecular weight excluding hydrogens is 176 g/mol. The summed E-state index contributed by atoms with van der Waals surface area (Å²) in [5.74, 6) is -0.157. The Bertz CT molecular complexity index is 232. The number of rotatable bonds is 0. The first-order valence-corrected chi connectivity index (χ1v) is 3.83. The van der Waals surface area contributed by atoms with E-state index in [1.54, 1.807) is 6.08 Å². The van der Waals surface area contributed by atoms with Crippen LogP contribution in [0, 0.1) is 0 Å². The highest BCUT2D eigenvalue weighted by atomic mass is 32.3. The van der Waals surface area contributed by atoms with Crippen LogP contribution in [-0.4, -0.2) is 23.5 Å². The number of carbonyl (C=O) groups is 1. The Balaban J connectivity index is 0.000000187. The SMILES string of the molecule is O=C1CC=CO1.O=S(=O)(O)O. The van der Waals surface area contributed by atoms with Gasteiger partial charge in [-0.2, -0.15) is 8.42 Å². The zero-order valence-corrected chi connectivity index (χ0v) is 6.11. The molecule has 1 rings (SSSR count). The molecule has 0 aliphatic carbocycles. The topological polar surface area (TPSA) is 101 Å². The largest absolute Gasteiger partial charge is 0.435 e. The lowest BCUT2D eigenvalue weighted by Crippen LogP contribution is -1.89. The van der Waals surface area contributed by atoms with Crippen LogP contribution in [-0.2, 0) is 19.9 Å². The lowest BCUT2D eigenvalue weighted by molar-refractivity contribution is -0.135. The number of esters is 1. The molecule has 0 bridgehead atoms. The molecule has 1 aliphatic rings. The standard InChI is InChI=1S/C4H4O2.H2O4S/c5-4-2-1-3-6-4;1-5(2,3)4/h1,3H,2H2;(H2,1,2,3,4). The highest BCUT2D eigenvalue weighted by Crippen LogP contribution is 1.96. The van der Waals surface area contributed by atoms with Gasteiger partial charge >= 0.3 is 16.4 Å². The highest BCUT2D eigenvalue weighted by molar-refractivity contribution is 7.79. The monoisotopic (exact) mass is 182 g/mol. The number of cyclic esters (lactones) is 1. The molecule has 0 fully saturated rings. The van der Waals surface area contributed by atoms with Crippen LogP contribution >= 0.6 is 0 Å². The zero-order valence-electron chi connectivity index (χ0n) is 5.30. The van der Waals surface area contributed by atoms with E-state index < -0.39 is 10.4 Å². The van der Waals surface area contributed by atoms with Crippen LogP contribution in [0.3, 0.4) is 0 Å². The third-order valence-corrected chi connectivity index (χ3v) is 0.580. The maximum absolute atomic E-state index is 9.96. The summed E-state index contributed by atoms with van der Waals surface area (Å²) in [4.78, 5) is 9.96. The fraction of sp³-hybridized carbons (Fsp3) is 0.250. The van der Waals surface area contributed by atoms with Gasteiger partial charge in [0.1, 0.15) is 0 Å². The van der Waals surface area contributed by atoms with Crippen molar-refractivity contribution in [2.45, 2.75) is 6.42 Å². The quantitative estimate of drug-likeness (QED) is 0.397. The van der Waals surface area contributed by atoms with E-state index in [4.69, 9.17) is 17.5 Å². The zero-order chi connectivity index (χ0) is 8.91. The minimum absolute atomic E-state index is 0.157. The Labute approximate surface area is 63.1 Å². The first kappa shape index (κ1) is 10.1. The predicted molar refractivity (Wildman–Crippen MR) is 34.0 cm³/mol. The fourth-order valence-corrected chi connectivity index (χ4v) is 0.316. The van der Waals surface area contributed by atoms with Crippen LogP contribution in [0.5, 0.6) is 0 Å². The van der Waals surface area contributed by atoms with Crippen molar-refractivity contribution in [3.05, 3.63) is 12.3 Å². The molecule has 1 heterocycles. The molecule has 2 N–H and O–H groups in total. The van der Waals surface area contributed by atoms with Gasteiger partial charge in [0, 0.05) is 0 Å². The second kappa shape index (κ2) is 4.06. The summed E-state index contributed by atoms with van der Waals surface area (Å²) in [5, 5.41) is 0. The smallest absolute Gasteiger partial charge is 0.394 e. The van der Waals surface area contributed by atoms with Crippen molar-refractivity contribution in [3.8, 4) is 0 Å². The molecule has 0 saturated heterocycles. The minimum atomic E-state index is -4.67. The molecule has 0 atom stereocenters. The van der Waals surface area contributed by atoms with Crippen molar-refractivity contribution in [3.63, 3.8) is 0 Å². The molecule has 0 aromatic carbocycles. The number of carbonyl (C=O) groups excluding carboxylic acids is 1. The van der Waals surface area contributed by atoms with E-state index >= 15 is 0 Å². The summed E-state index contributed by atoms with van der Waals surface area (Å²) in [6.07, 6.45) is 3.53. The van der Waals surface area contributed by atoms with Crippen molar-refractivity contribution in [2.75, 3.05) is 0 Å². The molecule has 0 unspecified atom stereocenters. The number of ether oxygens (including phenoxy) is 1. The van der Waals surface area contributed by atoms with E-state index in [-0.39, 0.29) is 5.97 Å². The van der Waals surface area contributed by atoms with Crippen LogP contribution in [0.25, 0.3) is 0 Å². The van der Waals surface area contributed by atoms with Gasteiger partial charge in [0.25, 0.3) is 0 Å². The van der Waals surface area contributed by atoms with Gasteiger partial charge in [-0.25, -0.2) is 0 Å². The van der Waals surface area contributed by atoms with Gasteiger partial charge in [-0.15, -0.1) is 0 Å². The Hall–Kier alpha value is -0.920. The van der Waals surface area contributed by atoms with Crippen molar-refractivity contribution >= 4 is 16.4 Å². The Morgan fingerprint density at radius 3 is 2.00 bits per heavy atom. The number of hydrogen-bond donors (Lipinski definition) is 2. The molecule has 7 heteroatoms. The third kappa shape index (κ3) is 12.3. The maximum atomic E-state index is 9.96. The second-order valence-corrected chi connectivity index (χ2v) is 2.41. The molecule has 0 spiro atoms. The Morgan fingerprint density at radius 1 is 1.45 bits per heavy atom. The van der Waals surface area contributed by atoms with Gasteiger partial charge in [-0.1, -0.05) is 0 Å². The van der Waals surface area contributed by atoms with Gasteiger partial charge in [0.15, 0.2) is 0 Å². The summed E-state index contributed by atoms with van der Waals surface area (Å²) in [7, 11) is -4.67. The van der Waals surface area contributed by atoms with E-state index in [1.165, 1.54) is 6.26 Å². The van der Waals surface area contributed by atoms with E-state index in [1.807, 2.05) is 0 Å². The molecule has 0 aromatic heterocycles. The maximum Gasteiger partial charge on any atom is 0.394 e. The van der Waals surface area contributed by atoms with Gasteiger partial charge in [0.2, 0.25) is 0 Å². The van der Waals surface area contributed by atoms with Crippen LogP contribution < -0.4 is 0 Å². The van der Waals surface area contributed by atoms with E-state index in [0.29, 0.717) is 6.42 Å². The van der Waals surface area contributed by atoms with Gasteiger partial charge in [-0.05, 0) is 6.08 Å². The molecular formula is C4H6O6S. The predicted octanol–water partition coefficient (Wildman–Crippen LogP) is -0.206. The second-order valence-electron chi connectivity index (χ2n) is 1.51. The van der Waals surface area contributed by atoms with Crippen molar-refractivity contribution in [1.82, 2.24) is 0 Å². The molecule has 0 radical (unpaired) electrons. The Kier molecular flexibility index (Phi) is 3.72. The normalized spacial score (nSPS) is 15.3. The van der Waals surface area contributed by atoms with E-state index in [9.17, 15) is 4.79 Å². The summed E-state index contributed by atoms with van der Waals surface area (Å²) < 4.78 is 35.9. The van der Waals surface area contributed by atoms with Crippen LogP contribution in [0.4, 0.5) is 0 Å². The summed E-state index contributed by atoms with van der Waals surface area (Å²) in [5.41, 5.74) is 0. The molecule has 1 aliphatic heterocycles. The van der Waals surface area contributed by atoms with Gasteiger partial charge in [-0.3, -0.25) is 13.9 Å². The van der Waals surface area contributed by atoms with Crippen molar-refractivity contribution in [2.24, 2.45) is 0 Å². The summed E-state index contributed by atoms with van der Waals surface area (Å²) >= 11 is 0. The first-order chi connectivity index (χ1) is 4.89. The number of hydrogen-bond acceptors (Lipinski definition) is 4. The summed E-state index contributed by atoms with van der Waals surface area (Å²) in [6, 6.07) is 0. The van der Waals surface area contributed by atoms with Crippen LogP contribution in [0.1, 0.15) is 6.42 Å². The van der Waals surface area contributed by atoms with Crippen LogP contribution in [0.15, 0.2) is 12.3 Å². The average molecular weight is 182 g/mol. The molecule has 6 nitrogen and oxygen atoms in total. The molecule has 0 saturated carbocycles. The fourth-order valence-electron chi connectivity index (χ4n) is 0.316. The summed E-state index contributed by atoms with van der Waals surface area (Å²) in [6.45, 7) is 0. The molecule has 0 amide bonds. The first-order valence-electron chi connectivity index (χ1n) is 2.44. The van der Waals surface area contributed by atoms with E-state index in [2.05, 4.69) is 4.74 Å². The lowest BCUT2D eigenvalue weighted by atomic mass is 10.5. The van der Waals surface area contributed by atoms with E-state index in [0.717, 1.165) is 0 Å². The third-order valence-electron chi connectivity index (χ3n) is 0.580. The van der Waals surface area contributed by atoms with Crippen molar-refractivity contribution in [1.29, 1.82) is 0 Å². The minimum Gasteiger partial charge on any atom is -0.435 e. The molecule has 0 aromatic rings. The molecule has 64 valence electrons. The van der Waals surface area contributed by atoms with Crippen LogP contribution in [0.2, 0.25) is 0 Å². The Morgan fingerprint density at radius 2 is 1.91 bits per heavy atom. The molecule has 11 heavy (non-hydrogen) atoms. The lowest BCUT2D eigenvalue weighted by Gasteiger charge is -1.78. The average Bonchev–Trinajstić information content (AvgIpc) is 2.12.